The van der Waals surface area contributed by atoms with Crippen molar-refractivity contribution in [2.24, 2.45) is 0 Å². The van der Waals surface area contributed by atoms with Crippen molar-refractivity contribution in [2.75, 3.05) is 26.4 Å². The Labute approximate surface area is 257 Å². The fraction of sp³-hybridized carbons (Fsp3) is 0.455. The molecule has 0 N–H and O–H groups in total. The molecule has 238 valence electrons. The average molecular weight is 613 g/mol. The summed E-state index contributed by atoms with van der Waals surface area (Å²) in [5.74, 6) is -1.41. The second kappa shape index (κ2) is 18.4. The predicted octanol–water partition coefficient (Wildman–Crippen LogP) is 5.26. The lowest BCUT2D eigenvalue weighted by molar-refractivity contribution is -0.163. The molecule has 0 aromatic heterocycles. The number of esters is 4. The first-order chi connectivity index (χ1) is 21.4. The summed E-state index contributed by atoms with van der Waals surface area (Å²) in [5, 5.41) is 0. The van der Waals surface area contributed by atoms with E-state index in [0.717, 1.165) is 38.5 Å². The molecule has 0 aliphatic carbocycles. The lowest BCUT2D eigenvalue weighted by Gasteiger charge is -2.13. The maximum absolute atomic E-state index is 12.7. The summed E-state index contributed by atoms with van der Waals surface area (Å²) >= 11 is 0. The summed E-state index contributed by atoms with van der Waals surface area (Å²) < 4.78 is 37.6. The van der Waals surface area contributed by atoms with Crippen LogP contribution in [-0.2, 0) is 38.1 Å². The number of unbranched alkanes of at least 4 members (excludes halogenated alkanes) is 5. The molecule has 44 heavy (non-hydrogen) atoms. The van der Waals surface area contributed by atoms with Crippen LogP contribution < -0.4 is 9.47 Å². The Hall–Kier alpha value is -4.22. The molecule has 3 rings (SSSR count). The van der Waals surface area contributed by atoms with Gasteiger partial charge in [0.1, 0.15) is 11.5 Å². The van der Waals surface area contributed by atoms with Crippen molar-refractivity contribution < 1.29 is 52.3 Å². The first kappa shape index (κ1) is 34.3. The Morgan fingerprint density at radius 3 is 1.77 bits per heavy atom. The molecule has 2 aromatic carbocycles. The maximum atomic E-state index is 12.7. The van der Waals surface area contributed by atoms with Crippen molar-refractivity contribution in [2.45, 2.75) is 70.9 Å². The van der Waals surface area contributed by atoms with E-state index in [2.05, 4.69) is 6.58 Å². The molecular weight excluding hydrogens is 572 g/mol. The minimum absolute atomic E-state index is 0.121. The normalized spacial score (nSPS) is 16.1. The van der Waals surface area contributed by atoms with Crippen LogP contribution in [0.1, 0.15) is 74.6 Å². The molecule has 1 heterocycles. The van der Waals surface area contributed by atoms with E-state index < -0.39 is 36.4 Å². The van der Waals surface area contributed by atoms with Crippen molar-refractivity contribution in [3.63, 3.8) is 0 Å². The molecule has 1 aliphatic rings. The summed E-state index contributed by atoms with van der Waals surface area (Å²) in [7, 11) is 0. The summed E-state index contributed by atoms with van der Waals surface area (Å²) in [4.78, 5) is 48.3. The lowest BCUT2D eigenvalue weighted by atomic mass is 10.1. The quantitative estimate of drug-likeness (QED) is 0.0717. The largest absolute Gasteiger partial charge is 0.494 e. The van der Waals surface area contributed by atoms with E-state index in [-0.39, 0.29) is 19.2 Å². The molecule has 0 bridgehead atoms. The van der Waals surface area contributed by atoms with Gasteiger partial charge in [0.25, 0.3) is 0 Å². The third kappa shape index (κ3) is 10.8. The van der Waals surface area contributed by atoms with Gasteiger partial charge in [0.15, 0.2) is 18.5 Å². The van der Waals surface area contributed by atoms with Crippen LogP contribution in [0.2, 0.25) is 0 Å². The highest BCUT2D eigenvalue weighted by atomic mass is 16.8. The molecule has 1 fully saturated rings. The fourth-order valence-electron chi connectivity index (χ4n) is 4.28. The molecule has 0 amide bonds. The van der Waals surface area contributed by atoms with Gasteiger partial charge in [-0.1, -0.05) is 44.4 Å². The van der Waals surface area contributed by atoms with Gasteiger partial charge in [0.2, 0.25) is 0 Å². The second-order valence-corrected chi connectivity index (χ2v) is 9.77. The van der Waals surface area contributed by atoms with Crippen molar-refractivity contribution in [3.05, 3.63) is 72.3 Å². The molecule has 0 radical (unpaired) electrons. The molecule has 11 nitrogen and oxygen atoms in total. The SMILES string of the molecule is C=CC(=O)OCCCCCCCCOc1ccc(C(=O)Oc2ccc(C3O[C@@H](C(=O)OCC)[C@H](C(=O)OCC)O3)cc2)cc1. The highest BCUT2D eigenvalue weighted by molar-refractivity contribution is 5.91. The molecule has 1 saturated heterocycles. The van der Waals surface area contributed by atoms with E-state index in [9.17, 15) is 19.2 Å². The van der Waals surface area contributed by atoms with Crippen LogP contribution in [0.4, 0.5) is 0 Å². The minimum atomic E-state index is -1.26. The fourth-order valence-corrected chi connectivity index (χ4v) is 4.28. The van der Waals surface area contributed by atoms with Gasteiger partial charge >= 0.3 is 23.9 Å². The summed E-state index contributed by atoms with van der Waals surface area (Å²) in [6.45, 7) is 7.90. The van der Waals surface area contributed by atoms with Crippen LogP contribution in [-0.4, -0.2) is 62.5 Å². The topological polar surface area (TPSA) is 133 Å². The van der Waals surface area contributed by atoms with Crippen LogP contribution in [0.3, 0.4) is 0 Å². The zero-order valence-electron chi connectivity index (χ0n) is 25.2. The summed E-state index contributed by atoms with van der Waals surface area (Å²) in [6, 6.07) is 13.1. The minimum Gasteiger partial charge on any atom is -0.494 e. The molecule has 0 spiro atoms. The number of carbonyl (C=O) groups excluding carboxylic acids is 4. The first-order valence-corrected chi connectivity index (χ1v) is 14.8. The standard InChI is InChI=1S/C33H40O11/c1-4-27(34)41-22-12-10-8-7-9-11-21-40-25-17-13-23(14-18-25)30(35)42-26-19-15-24(16-20-26)33-43-28(31(36)38-5-2)29(44-33)32(37)39-6-3/h4,13-20,28-29,33H,1,5-12,21-22H2,2-3H3/t28-,29-/m1/s1. The molecule has 1 aliphatic heterocycles. The Kier molecular flexibility index (Phi) is 14.4. The van der Waals surface area contributed by atoms with Crippen LogP contribution in [0.15, 0.2) is 61.2 Å². The highest BCUT2D eigenvalue weighted by Gasteiger charge is 2.47. The van der Waals surface area contributed by atoms with Gasteiger partial charge < -0.3 is 33.2 Å². The Bertz CT molecular complexity index is 1200. The Morgan fingerprint density at radius 1 is 0.705 bits per heavy atom. The van der Waals surface area contributed by atoms with Gasteiger partial charge in [-0.15, -0.1) is 0 Å². The van der Waals surface area contributed by atoms with Crippen LogP contribution >= 0.6 is 0 Å². The predicted molar refractivity (Wildman–Crippen MR) is 158 cm³/mol. The van der Waals surface area contributed by atoms with E-state index in [4.69, 9.17) is 33.2 Å². The van der Waals surface area contributed by atoms with Gasteiger partial charge in [0, 0.05) is 11.6 Å². The Balaban J connectivity index is 1.40. The third-order valence-electron chi connectivity index (χ3n) is 6.52. The van der Waals surface area contributed by atoms with Crippen molar-refractivity contribution in [1.82, 2.24) is 0 Å². The zero-order valence-corrected chi connectivity index (χ0v) is 25.2. The van der Waals surface area contributed by atoms with Gasteiger partial charge in [0.05, 0.1) is 32.0 Å². The highest BCUT2D eigenvalue weighted by Crippen LogP contribution is 2.33. The number of ether oxygens (including phenoxy) is 7. The van der Waals surface area contributed by atoms with E-state index in [1.165, 1.54) is 6.08 Å². The number of hydrogen-bond acceptors (Lipinski definition) is 11. The third-order valence-corrected chi connectivity index (χ3v) is 6.52. The maximum Gasteiger partial charge on any atom is 0.343 e. The number of carbonyl (C=O) groups is 4. The van der Waals surface area contributed by atoms with Gasteiger partial charge in [-0.2, -0.15) is 0 Å². The van der Waals surface area contributed by atoms with E-state index in [0.29, 0.717) is 35.8 Å². The zero-order chi connectivity index (χ0) is 31.7. The van der Waals surface area contributed by atoms with Gasteiger partial charge in [-0.05, 0) is 63.1 Å². The van der Waals surface area contributed by atoms with Crippen LogP contribution in [0, 0.1) is 0 Å². The van der Waals surface area contributed by atoms with E-state index in [1.807, 2.05) is 0 Å². The molecule has 2 atom stereocenters. The van der Waals surface area contributed by atoms with Crippen molar-refractivity contribution in [1.29, 1.82) is 0 Å². The molecular formula is C33H40O11. The van der Waals surface area contributed by atoms with Gasteiger partial charge in [-0.25, -0.2) is 19.2 Å². The number of hydrogen-bond donors (Lipinski definition) is 0. The summed E-state index contributed by atoms with van der Waals surface area (Å²) in [5.41, 5.74) is 0.871. The van der Waals surface area contributed by atoms with Crippen molar-refractivity contribution in [3.8, 4) is 11.5 Å². The average Bonchev–Trinajstić information content (AvgIpc) is 3.49. The second-order valence-electron chi connectivity index (χ2n) is 9.77. The summed E-state index contributed by atoms with van der Waals surface area (Å²) in [6.07, 6.45) is 3.57. The number of rotatable bonds is 18. The van der Waals surface area contributed by atoms with E-state index >= 15 is 0 Å². The van der Waals surface area contributed by atoms with Crippen LogP contribution in [0.5, 0.6) is 11.5 Å². The Morgan fingerprint density at radius 2 is 1.23 bits per heavy atom. The monoisotopic (exact) mass is 612 g/mol. The first-order valence-electron chi connectivity index (χ1n) is 14.8. The molecule has 2 aromatic rings. The van der Waals surface area contributed by atoms with Gasteiger partial charge in [-0.3, -0.25) is 0 Å². The number of benzene rings is 2. The molecule has 0 unspecified atom stereocenters. The molecule has 0 saturated carbocycles. The molecule has 11 heteroatoms. The lowest BCUT2D eigenvalue weighted by Crippen LogP contribution is -2.39. The van der Waals surface area contributed by atoms with Crippen LogP contribution in [0.25, 0.3) is 0 Å². The van der Waals surface area contributed by atoms with Crippen molar-refractivity contribution >= 4 is 23.9 Å². The smallest absolute Gasteiger partial charge is 0.343 e. The van der Waals surface area contributed by atoms with E-state index in [1.54, 1.807) is 62.4 Å².